The van der Waals surface area contributed by atoms with Crippen LogP contribution < -0.4 is 5.32 Å². The molecule has 1 atom stereocenters. The van der Waals surface area contributed by atoms with Crippen molar-refractivity contribution < 1.29 is 29.0 Å². The highest BCUT2D eigenvalue weighted by molar-refractivity contribution is 6.48. The summed E-state index contributed by atoms with van der Waals surface area (Å²) in [4.78, 5) is 29.9. The van der Waals surface area contributed by atoms with Crippen LogP contribution in [0, 0.1) is 0 Å². The summed E-state index contributed by atoms with van der Waals surface area (Å²) in [6.07, 6.45) is 2.10. The quantitative estimate of drug-likeness (QED) is 0.294. The highest BCUT2D eigenvalue weighted by Gasteiger charge is 2.37. The third-order valence-corrected chi connectivity index (χ3v) is 6.46. The summed E-state index contributed by atoms with van der Waals surface area (Å²) in [5.41, 5.74) is 3.60. The van der Waals surface area contributed by atoms with Gasteiger partial charge < -0.3 is 24.7 Å². The lowest BCUT2D eigenvalue weighted by atomic mass is 9.63. The first-order valence-electron chi connectivity index (χ1n) is 11.7. The number of carboxylic acids is 1. The van der Waals surface area contributed by atoms with E-state index in [1.165, 1.54) is 42.5 Å². The van der Waals surface area contributed by atoms with Gasteiger partial charge in [-0.2, -0.15) is 0 Å². The number of methoxy groups -OCH3 is 1. The number of carbonyl (C=O) groups is 2. The number of hydrogen-bond acceptors (Lipinski definition) is 6. The molecule has 1 amide bonds. The number of carboxylic acid groups (broad SMARTS) is 1. The molecule has 0 spiro atoms. The first kappa shape index (κ1) is 26.4. The predicted octanol–water partition coefficient (Wildman–Crippen LogP) is 5.06. The van der Waals surface area contributed by atoms with E-state index in [9.17, 15) is 9.59 Å². The minimum Gasteiger partial charge on any atom is -0.478 e. The molecular formula is C27H34N2O6. The van der Waals surface area contributed by atoms with E-state index in [0.717, 1.165) is 12.8 Å². The highest BCUT2D eigenvalue weighted by atomic mass is 16.9. The van der Waals surface area contributed by atoms with E-state index >= 15 is 0 Å². The summed E-state index contributed by atoms with van der Waals surface area (Å²) in [7, 11) is 1.42. The number of benzene rings is 2. The Labute approximate surface area is 206 Å². The number of amides is 1. The highest BCUT2D eigenvalue weighted by Crippen LogP contribution is 2.46. The Morgan fingerprint density at radius 3 is 2.17 bits per heavy atom. The van der Waals surface area contributed by atoms with Crippen LogP contribution in [-0.2, 0) is 29.9 Å². The minimum absolute atomic E-state index is 0.0292. The van der Waals surface area contributed by atoms with Crippen LogP contribution in [0.15, 0.2) is 47.6 Å². The van der Waals surface area contributed by atoms with Crippen LogP contribution in [0.4, 0.5) is 5.69 Å². The summed E-state index contributed by atoms with van der Waals surface area (Å²) >= 11 is 0. The van der Waals surface area contributed by atoms with Crippen LogP contribution in [0.2, 0.25) is 0 Å². The van der Waals surface area contributed by atoms with Crippen molar-refractivity contribution in [3.05, 3.63) is 64.7 Å². The van der Waals surface area contributed by atoms with E-state index in [1.807, 2.05) is 12.1 Å². The van der Waals surface area contributed by atoms with Crippen LogP contribution >= 0.6 is 0 Å². The number of nitrogens with zero attached hydrogens (tertiary/aromatic N) is 1. The zero-order chi connectivity index (χ0) is 25.8. The molecule has 3 rings (SSSR count). The Kier molecular flexibility index (Phi) is 7.97. The molecule has 1 aliphatic rings. The number of anilines is 1. The molecule has 2 N–H and O–H groups in total. The van der Waals surface area contributed by atoms with Gasteiger partial charge in [-0.05, 0) is 72.1 Å². The Hall–Kier alpha value is -3.23. The monoisotopic (exact) mass is 482 g/mol. The largest absolute Gasteiger partial charge is 0.478 e. The van der Waals surface area contributed by atoms with Gasteiger partial charge in [0.1, 0.15) is 0 Å². The third-order valence-electron chi connectivity index (χ3n) is 6.46. The number of hydrogen-bond donors (Lipinski definition) is 2. The van der Waals surface area contributed by atoms with Gasteiger partial charge in [0.05, 0.1) is 12.2 Å². The Balaban J connectivity index is 2.00. The van der Waals surface area contributed by atoms with Gasteiger partial charge in [-0.3, -0.25) is 4.79 Å². The zero-order valence-electron chi connectivity index (χ0n) is 21.2. The molecule has 0 bridgehead atoms. The van der Waals surface area contributed by atoms with E-state index in [0.29, 0.717) is 17.9 Å². The molecule has 35 heavy (non-hydrogen) atoms. The smallest absolute Gasteiger partial charge is 0.339 e. The average molecular weight is 483 g/mol. The average Bonchev–Trinajstić information content (AvgIpc) is 2.82. The fourth-order valence-electron chi connectivity index (χ4n) is 4.22. The summed E-state index contributed by atoms with van der Waals surface area (Å²) in [6.45, 7) is 9.95. The molecule has 0 radical (unpaired) electrons. The number of fused-ring (bicyclic) bond motifs is 1. The van der Waals surface area contributed by atoms with Crippen molar-refractivity contribution in [1.82, 2.24) is 0 Å². The van der Waals surface area contributed by atoms with E-state index in [-0.39, 0.29) is 22.1 Å². The first-order chi connectivity index (χ1) is 16.5. The van der Waals surface area contributed by atoms with Gasteiger partial charge in [0.2, 0.25) is 0 Å². The van der Waals surface area contributed by atoms with Crippen molar-refractivity contribution >= 4 is 23.3 Å². The van der Waals surface area contributed by atoms with Crippen molar-refractivity contribution in [1.29, 1.82) is 0 Å². The molecule has 2 aromatic rings. The van der Waals surface area contributed by atoms with Crippen LogP contribution in [0.25, 0.3) is 0 Å². The van der Waals surface area contributed by atoms with Crippen LogP contribution in [-0.4, -0.2) is 42.9 Å². The number of rotatable bonds is 9. The SMILES string of the molecule is CCOC(OC)ON=C(C(=O)Nc1ccc(C(=O)O)cc1)c1ccc2c(c1)C(C)(C)CCC2(C)C. The van der Waals surface area contributed by atoms with Gasteiger partial charge in [-0.25, -0.2) is 4.79 Å². The fraction of sp³-hybridized carbons (Fsp3) is 0.444. The molecule has 1 unspecified atom stereocenters. The van der Waals surface area contributed by atoms with Crippen molar-refractivity contribution in [2.45, 2.75) is 64.8 Å². The predicted molar refractivity (Wildman–Crippen MR) is 134 cm³/mol. The summed E-state index contributed by atoms with van der Waals surface area (Å²) in [6, 6.07) is 11.8. The van der Waals surface area contributed by atoms with Crippen molar-refractivity contribution in [3.63, 3.8) is 0 Å². The fourth-order valence-corrected chi connectivity index (χ4v) is 4.22. The van der Waals surface area contributed by atoms with Gasteiger partial charge in [0.15, 0.2) is 5.71 Å². The van der Waals surface area contributed by atoms with Gasteiger partial charge in [-0.1, -0.05) is 45.0 Å². The zero-order valence-corrected chi connectivity index (χ0v) is 21.2. The van der Waals surface area contributed by atoms with E-state index in [2.05, 4.69) is 44.2 Å². The van der Waals surface area contributed by atoms with E-state index < -0.39 is 18.4 Å². The molecule has 188 valence electrons. The van der Waals surface area contributed by atoms with Crippen LogP contribution in [0.1, 0.15) is 74.5 Å². The number of nitrogens with one attached hydrogen (secondary N) is 1. The Bertz CT molecular complexity index is 1110. The molecule has 0 saturated carbocycles. The second-order valence-electron chi connectivity index (χ2n) is 9.89. The Morgan fingerprint density at radius 2 is 1.60 bits per heavy atom. The lowest BCUT2D eigenvalue weighted by Gasteiger charge is -2.42. The number of carbonyl (C=O) groups excluding carboxylic acids is 1. The molecule has 1 aliphatic carbocycles. The van der Waals surface area contributed by atoms with E-state index in [1.54, 1.807) is 6.92 Å². The minimum atomic E-state index is -1.06. The molecule has 0 heterocycles. The first-order valence-corrected chi connectivity index (χ1v) is 11.7. The van der Waals surface area contributed by atoms with Crippen molar-refractivity contribution in [3.8, 4) is 0 Å². The molecule has 8 heteroatoms. The summed E-state index contributed by atoms with van der Waals surface area (Å²) in [5.74, 6) is -1.55. The Morgan fingerprint density at radius 1 is 1.00 bits per heavy atom. The third kappa shape index (κ3) is 6.07. The maximum Gasteiger partial charge on any atom is 0.339 e. The molecule has 0 aliphatic heterocycles. The number of oxime groups is 1. The van der Waals surface area contributed by atoms with Gasteiger partial charge >= 0.3 is 12.4 Å². The number of aromatic carboxylic acids is 1. The lowest BCUT2D eigenvalue weighted by molar-refractivity contribution is -0.275. The molecule has 0 fully saturated rings. The van der Waals surface area contributed by atoms with Crippen molar-refractivity contribution in [2.75, 3.05) is 19.0 Å². The van der Waals surface area contributed by atoms with Crippen LogP contribution in [0.5, 0.6) is 0 Å². The van der Waals surface area contributed by atoms with Crippen LogP contribution in [0.3, 0.4) is 0 Å². The lowest BCUT2D eigenvalue weighted by Crippen LogP contribution is -2.34. The van der Waals surface area contributed by atoms with Gasteiger partial charge in [-0.15, -0.1) is 0 Å². The summed E-state index contributed by atoms with van der Waals surface area (Å²) in [5, 5.41) is 16.0. The van der Waals surface area contributed by atoms with Gasteiger partial charge in [0, 0.05) is 18.4 Å². The topological polar surface area (TPSA) is 106 Å². The number of ether oxygens (including phenoxy) is 2. The maximum absolute atomic E-state index is 13.3. The second-order valence-corrected chi connectivity index (χ2v) is 9.89. The summed E-state index contributed by atoms with van der Waals surface area (Å²) < 4.78 is 10.4. The van der Waals surface area contributed by atoms with E-state index in [4.69, 9.17) is 19.4 Å². The van der Waals surface area contributed by atoms with Gasteiger partial charge in [0.25, 0.3) is 5.91 Å². The molecule has 2 aromatic carbocycles. The molecule has 0 aromatic heterocycles. The van der Waals surface area contributed by atoms with Crippen molar-refractivity contribution in [2.24, 2.45) is 5.16 Å². The maximum atomic E-state index is 13.3. The molecule has 8 nitrogen and oxygen atoms in total. The second kappa shape index (κ2) is 10.6. The normalized spacial score (nSPS) is 17.3. The molecule has 0 saturated heterocycles. The standard InChI is InChI=1S/C27H34N2O6/c1-7-34-25(33-6)35-29-22(23(30)28-19-11-8-17(9-12-19)24(31)32)18-10-13-20-21(16-18)27(4,5)15-14-26(20,2)3/h8-13,16,25H,7,14-15H2,1-6H3,(H,28,30)(H,31,32). The molecular weight excluding hydrogens is 448 g/mol.